The topological polar surface area (TPSA) is 79.5 Å². The zero-order valence-corrected chi connectivity index (χ0v) is 15.3. The van der Waals surface area contributed by atoms with Crippen LogP contribution in [0.5, 0.6) is 5.75 Å². The molecule has 0 atom stereocenters. The van der Waals surface area contributed by atoms with Crippen molar-refractivity contribution in [3.05, 3.63) is 65.7 Å². The van der Waals surface area contributed by atoms with Gasteiger partial charge in [-0.15, -0.1) is 0 Å². The lowest BCUT2D eigenvalue weighted by atomic mass is 10.0. The molecule has 0 aliphatic carbocycles. The zero-order valence-electron chi connectivity index (χ0n) is 15.3. The quantitative estimate of drug-likeness (QED) is 0.714. The Balaban J connectivity index is 1.83. The summed E-state index contributed by atoms with van der Waals surface area (Å²) in [4.78, 5) is 23.6. The minimum atomic E-state index is -0.996. The molecule has 0 heterocycles. The number of carbonyl (C=O) groups is 2. The predicted molar refractivity (Wildman–Crippen MR) is 101 cm³/mol. The molecule has 0 bridgehead atoms. The first kappa shape index (κ1) is 19.3. The van der Waals surface area contributed by atoms with Crippen molar-refractivity contribution < 1.29 is 14.3 Å². The highest BCUT2D eigenvalue weighted by Crippen LogP contribution is 2.12. The summed E-state index contributed by atoms with van der Waals surface area (Å²) < 4.78 is 5.71. The van der Waals surface area contributed by atoms with Crippen molar-refractivity contribution in [2.45, 2.75) is 32.5 Å². The van der Waals surface area contributed by atoms with Crippen LogP contribution in [0.3, 0.4) is 0 Å². The van der Waals surface area contributed by atoms with Crippen molar-refractivity contribution in [1.82, 2.24) is 16.0 Å². The second-order valence-corrected chi connectivity index (χ2v) is 6.43. The summed E-state index contributed by atoms with van der Waals surface area (Å²) in [5.41, 5.74) is 1.02. The Labute approximate surface area is 153 Å². The van der Waals surface area contributed by atoms with E-state index in [-0.39, 0.29) is 5.91 Å². The van der Waals surface area contributed by atoms with Crippen molar-refractivity contribution in [2.24, 2.45) is 0 Å². The molecule has 6 heteroatoms. The summed E-state index contributed by atoms with van der Waals surface area (Å²) in [6.45, 7) is 4.18. The van der Waals surface area contributed by atoms with E-state index in [1.165, 1.54) is 7.05 Å². The lowest BCUT2D eigenvalue weighted by Crippen LogP contribution is -2.56. The molecule has 26 heavy (non-hydrogen) atoms. The fourth-order valence-corrected chi connectivity index (χ4v) is 2.24. The van der Waals surface area contributed by atoms with Gasteiger partial charge in [0.15, 0.2) is 0 Å². The molecule has 0 unspecified atom stereocenters. The van der Waals surface area contributed by atoms with Crippen LogP contribution in [0.4, 0.5) is 4.79 Å². The van der Waals surface area contributed by atoms with Gasteiger partial charge < -0.3 is 20.7 Å². The lowest BCUT2D eigenvalue weighted by Gasteiger charge is -2.24. The van der Waals surface area contributed by atoms with Crippen LogP contribution in [0.2, 0.25) is 0 Å². The van der Waals surface area contributed by atoms with Crippen LogP contribution < -0.4 is 20.7 Å². The van der Waals surface area contributed by atoms with Gasteiger partial charge in [-0.3, -0.25) is 4.79 Å². The summed E-state index contributed by atoms with van der Waals surface area (Å²) in [6.07, 6.45) is 0. The third kappa shape index (κ3) is 5.81. The Morgan fingerprint density at radius 2 is 1.58 bits per heavy atom. The van der Waals surface area contributed by atoms with Crippen LogP contribution >= 0.6 is 0 Å². The van der Waals surface area contributed by atoms with Gasteiger partial charge in [-0.2, -0.15) is 0 Å². The smallest absolute Gasteiger partial charge is 0.315 e. The maximum Gasteiger partial charge on any atom is 0.315 e. The number of carbonyl (C=O) groups excluding carboxylic acids is 2. The number of para-hydroxylation sites is 1. The summed E-state index contributed by atoms with van der Waals surface area (Å²) in [6, 6.07) is 17.1. The highest BCUT2D eigenvalue weighted by Gasteiger charge is 2.28. The molecular formula is C20H25N3O3. The first-order valence-corrected chi connectivity index (χ1v) is 8.44. The number of rotatable bonds is 7. The first-order chi connectivity index (χ1) is 12.4. The molecule has 3 amide bonds. The highest BCUT2D eigenvalue weighted by atomic mass is 16.5. The minimum Gasteiger partial charge on any atom is -0.489 e. The van der Waals surface area contributed by atoms with Crippen molar-refractivity contribution in [1.29, 1.82) is 0 Å². The van der Waals surface area contributed by atoms with Crippen LogP contribution in [-0.2, 0) is 17.9 Å². The number of nitrogens with one attached hydrogen (secondary N) is 3. The van der Waals surface area contributed by atoms with Gasteiger partial charge in [0.1, 0.15) is 17.9 Å². The second kappa shape index (κ2) is 8.89. The third-order valence-electron chi connectivity index (χ3n) is 3.85. The Hall–Kier alpha value is -3.02. The Morgan fingerprint density at radius 3 is 2.19 bits per heavy atom. The molecule has 2 rings (SSSR count). The SMILES string of the molecule is CNC(=O)NC(C)(C)C(=O)NCc1ccc(COc2ccccc2)cc1. The number of amides is 3. The Morgan fingerprint density at radius 1 is 0.962 bits per heavy atom. The molecule has 0 saturated heterocycles. The van der Waals surface area contributed by atoms with Gasteiger partial charge >= 0.3 is 6.03 Å². The Bertz CT molecular complexity index is 728. The largest absolute Gasteiger partial charge is 0.489 e. The molecular weight excluding hydrogens is 330 g/mol. The molecule has 0 spiro atoms. The van der Waals surface area contributed by atoms with Crippen molar-refractivity contribution >= 4 is 11.9 Å². The van der Waals surface area contributed by atoms with Gasteiger partial charge in [0.05, 0.1) is 0 Å². The lowest BCUT2D eigenvalue weighted by molar-refractivity contribution is -0.126. The molecule has 138 valence electrons. The fourth-order valence-electron chi connectivity index (χ4n) is 2.24. The van der Waals surface area contributed by atoms with E-state index in [9.17, 15) is 9.59 Å². The number of hydrogen-bond acceptors (Lipinski definition) is 3. The molecule has 0 radical (unpaired) electrons. The van der Waals surface area contributed by atoms with Gasteiger partial charge in [0, 0.05) is 13.6 Å². The van der Waals surface area contributed by atoms with E-state index in [1.54, 1.807) is 13.8 Å². The van der Waals surface area contributed by atoms with Gasteiger partial charge in [-0.25, -0.2) is 4.79 Å². The number of hydrogen-bond donors (Lipinski definition) is 3. The van der Waals surface area contributed by atoms with E-state index in [0.29, 0.717) is 13.2 Å². The van der Waals surface area contributed by atoms with E-state index >= 15 is 0 Å². The van der Waals surface area contributed by atoms with E-state index in [0.717, 1.165) is 16.9 Å². The summed E-state index contributed by atoms with van der Waals surface area (Å²) >= 11 is 0. The summed E-state index contributed by atoms with van der Waals surface area (Å²) in [7, 11) is 1.51. The molecule has 0 fully saturated rings. The molecule has 0 aliphatic heterocycles. The van der Waals surface area contributed by atoms with E-state index in [2.05, 4.69) is 16.0 Å². The number of urea groups is 1. The van der Waals surface area contributed by atoms with Crippen LogP contribution in [0, 0.1) is 0 Å². The van der Waals surface area contributed by atoms with E-state index < -0.39 is 11.6 Å². The molecule has 2 aromatic carbocycles. The number of ether oxygens (including phenoxy) is 1. The summed E-state index contributed by atoms with van der Waals surface area (Å²) in [5, 5.41) is 7.88. The van der Waals surface area contributed by atoms with Crippen LogP contribution in [-0.4, -0.2) is 24.5 Å². The van der Waals surface area contributed by atoms with Crippen molar-refractivity contribution in [3.63, 3.8) is 0 Å². The maximum absolute atomic E-state index is 12.2. The molecule has 0 saturated carbocycles. The Kier molecular flexibility index (Phi) is 6.60. The van der Waals surface area contributed by atoms with E-state index in [4.69, 9.17) is 4.74 Å². The zero-order chi connectivity index (χ0) is 19.0. The van der Waals surface area contributed by atoms with Crippen LogP contribution in [0.25, 0.3) is 0 Å². The standard InChI is InChI=1S/C20H25N3O3/c1-20(2,23-19(25)21-3)18(24)22-13-15-9-11-16(12-10-15)14-26-17-7-5-4-6-8-17/h4-12H,13-14H2,1-3H3,(H,22,24)(H2,21,23,25). The highest BCUT2D eigenvalue weighted by molar-refractivity contribution is 5.90. The van der Waals surface area contributed by atoms with Gasteiger partial charge in [-0.1, -0.05) is 42.5 Å². The molecule has 0 aromatic heterocycles. The molecule has 6 nitrogen and oxygen atoms in total. The normalized spacial score (nSPS) is 10.7. The molecule has 0 aliphatic rings. The van der Waals surface area contributed by atoms with Crippen LogP contribution in [0.15, 0.2) is 54.6 Å². The predicted octanol–water partition coefficient (Wildman–Crippen LogP) is 2.59. The summed E-state index contributed by atoms with van der Waals surface area (Å²) in [5.74, 6) is 0.576. The fraction of sp³-hybridized carbons (Fsp3) is 0.300. The van der Waals surface area contributed by atoms with Gasteiger partial charge in [0.2, 0.25) is 5.91 Å². The maximum atomic E-state index is 12.2. The number of benzene rings is 2. The van der Waals surface area contributed by atoms with E-state index in [1.807, 2.05) is 54.6 Å². The third-order valence-corrected chi connectivity index (χ3v) is 3.85. The monoisotopic (exact) mass is 355 g/mol. The van der Waals surface area contributed by atoms with Crippen molar-refractivity contribution in [2.75, 3.05) is 7.05 Å². The molecule has 3 N–H and O–H groups in total. The molecule has 2 aromatic rings. The first-order valence-electron chi connectivity index (χ1n) is 8.44. The average Bonchev–Trinajstić information content (AvgIpc) is 2.65. The average molecular weight is 355 g/mol. The van der Waals surface area contributed by atoms with Crippen LogP contribution in [0.1, 0.15) is 25.0 Å². The van der Waals surface area contributed by atoms with Crippen molar-refractivity contribution in [3.8, 4) is 5.75 Å². The van der Waals surface area contributed by atoms with Gasteiger partial charge in [-0.05, 0) is 37.1 Å². The minimum absolute atomic E-state index is 0.252. The van der Waals surface area contributed by atoms with Gasteiger partial charge in [0.25, 0.3) is 0 Å². The second-order valence-electron chi connectivity index (χ2n) is 6.43.